The highest BCUT2D eigenvalue weighted by Gasteiger charge is 2.25. The van der Waals surface area contributed by atoms with Crippen LogP contribution >= 0.6 is 0 Å². The van der Waals surface area contributed by atoms with Crippen molar-refractivity contribution < 1.29 is 22.7 Å². The van der Waals surface area contributed by atoms with Gasteiger partial charge in [-0.25, -0.2) is 17.9 Å². The van der Waals surface area contributed by atoms with E-state index in [4.69, 9.17) is 4.74 Å². The summed E-state index contributed by atoms with van der Waals surface area (Å²) in [5.74, 6) is -1.09. The molecule has 4 rings (SSSR count). The van der Waals surface area contributed by atoms with Gasteiger partial charge in [0.25, 0.3) is 15.9 Å². The number of esters is 1. The Hall–Kier alpha value is -3.73. The molecule has 0 atom stereocenters. The number of rotatable bonds is 5. The number of hydrogen-bond donors (Lipinski definition) is 1. The molecule has 11 heteroatoms. The van der Waals surface area contributed by atoms with Crippen molar-refractivity contribution >= 4 is 33.4 Å². The van der Waals surface area contributed by atoms with Crippen LogP contribution in [-0.2, 0) is 24.3 Å². The number of aryl methyl sites for hydroxylation is 1. The zero-order valence-electron chi connectivity index (χ0n) is 17.5. The number of hydrogen-bond acceptors (Lipinski definition) is 7. The van der Waals surface area contributed by atoms with Crippen LogP contribution in [0.4, 0.5) is 5.69 Å². The Balaban J connectivity index is 1.38. The van der Waals surface area contributed by atoms with E-state index in [9.17, 15) is 18.0 Å². The molecule has 10 nitrogen and oxygen atoms in total. The largest absolute Gasteiger partial charge is 0.452 e. The summed E-state index contributed by atoms with van der Waals surface area (Å²) < 4.78 is 33.6. The van der Waals surface area contributed by atoms with E-state index in [1.165, 1.54) is 18.4 Å². The van der Waals surface area contributed by atoms with Crippen LogP contribution in [0.1, 0.15) is 11.4 Å². The normalized spacial score (nSPS) is 16.6. The number of anilines is 1. The van der Waals surface area contributed by atoms with Crippen molar-refractivity contribution in [1.29, 1.82) is 0 Å². The zero-order chi connectivity index (χ0) is 22.9. The molecule has 0 radical (unpaired) electrons. The zero-order valence-corrected chi connectivity index (χ0v) is 18.3. The first-order valence-corrected chi connectivity index (χ1v) is 11.4. The first-order chi connectivity index (χ1) is 15.2. The van der Waals surface area contributed by atoms with Gasteiger partial charge in [-0.05, 0) is 38.1 Å². The maximum Gasteiger partial charge on any atom is 0.340 e. The minimum absolute atomic E-state index is 0.138. The van der Waals surface area contributed by atoms with Gasteiger partial charge < -0.3 is 15.0 Å². The number of para-hydroxylation sites is 1. The molecular weight excluding hydrogens is 434 g/mol. The molecule has 1 aromatic carbocycles. The van der Waals surface area contributed by atoms with Gasteiger partial charge in [0.2, 0.25) is 0 Å². The van der Waals surface area contributed by atoms with Crippen molar-refractivity contribution in [3.63, 3.8) is 0 Å². The first kappa shape index (κ1) is 21.5. The molecule has 0 fully saturated rings. The third-order valence-corrected chi connectivity index (χ3v) is 6.11. The van der Waals surface area contributed by atoms with Crippen LogP contribution in [0.25, 0.3) is 5.69 Å². The Morgan fingerprint density at radius 1 is 1.16 bits per heavy atom. The molecule has 1 N–H and O–H groups in total. The maximum atomic E-state index is 12.4. The Morgan fingerprint density at radius 3 is 2.66 bits per heavy atom. The van der Waals surface area contributed by atoms with Gasteiger partial charge in [-0.2, -0.15) is 5.10 Å². The van der Waals surface area contributed by atoms with Gasteiger partial charge in [0, 0.05) is 12.7 Å². The number of nitrogens with zero attached hydrogens (tertiary/aromatic N) is 4. The van der Waals surface area contributed by atoms with Crippen LogP contribution in [0.5, 0.6) is 0 Å². The van der Waals surface area contributed by atoms with Crippen LogP contribution in [0.15, 0.2) is 58.7 Å². The molecule has 2 aromatic rings. The van der Waals surface area contributed by atoms with E-state index in [0.717, 1.165) is 11.4 Å². The van der Waals surface area contributed by atoms with Crippen molar-refractivity contribution in [3.05, 3.63) is 65.6 Å². The third kappa shape index (κ3) is 4.47. The smallest absolute Gasteiger partial charge is 0.340 e. The molecule has 1 amide bonds. The highest BCUT2D eigenvalue weighted by atomic mass is 32.2. The number of fused-ring (bicyclic) bond motifs is 1. The second-order valence-electron chi connectivity index (χ2n) is 7.26. The minimum atomic E-state index is -3.48. The Bertz CT molecular complexity index is 1280. The Kier molecular flexibility index (Phi) is 5.66. The molecule has 166 valence electrons. The van der Waals surface area contributed by atoms with Crippen LogP contribution in [0, 0.1) is 13.8 Å². The molecule has 0 saturated heterocycles. The van der Waals surface area contributed by atoms with E-state index in [1.54, 1.807) is 16.5 Å². The van der Waals surface area contributed by atoms with Crippen LogP contribution in [0.3, 0.4) is 0 Å². The molecule has 0 aliphatic carbocycles. The van der Waals surface area contributed by atoms with Crippen LogP contribution < -0.4 is 5.32 Å². The van der Waals surface area contributed by atoms with Gasteiger partial charge in [0.1, 0.15) is 5.84 Å². The number of ether oxygens (including phenoxy) is 1. The molecule has 0 unspecified atom stereocenters. The van der Waals surface area contributed by atoms with Gasteiger partial charge in [-0.15, -0.1) is 4.40 Å². The third-order valence-electron chi connectivity index (χ3n) is 4.95. The first-order valence-electron chi connectivity index (χ1n) is 9.81. The van der Waals surface area contributed by atoms with Crippen molar-refractivity contribution in [1.82, 2.24) is 14.7 Å². The van der Waals surface area contributed by atoms with Crippen LogP contribution in [-0.4, -0.2) is 59.7 Å². The number of carbonyl (C=O) groups excluding carboxylic acids is 2. The standard InChI is InChI=1S/C21H21N5O5S/c1-14-20(15(2)26(23-14)17-6-4-3-5-7-17)22-19(27)13-31-21(28)16-8-9-18-24-32(29,30)11-10-25(18)12-16/h3-9,12H,10-11,13H2,1-2H3,(H,22,27). The summed E-state index contributed by atoms with van der Waals surface area (Å²) in [5.41, 5.74) is 3.00. The lowest BCUT2D eigenvalue weighted by Gasteiger charge is -2.26. The minimum Gasteiger partial charge on any atom is -0.452 e. The number of sulfonamides is 1. The molecule has 0 saturated carbocycles. The fraction of sp³-hybridized carbons (Fsp3) is 0.238. The summed E-state index contributed by atoms with van der Waals surface area (Å²) >= 11 is 0. The summed E-state index contributed by atoms with van der Waals surface area (Å²) in [6.45, 7) is 3.33. The van der Waals surface area contributed by atoms with Gasteiger partial charge >= 0.3 is 5.97 Å². The predicted octanol–water partition coefficient (Wildman–Crippen LogP) is 1.47. The lowest BCUT2D eigenvalue weighted by Crippen LogP contribution is -2.37. The Morgan fingerprint density at radius 2 is 1.91 bits per heavy atom. The summed E-state index contributed by atoms with van der Waals surface area (Å²) in [6.07, 6.45) is 4.30. The van der Waals surface area contributed by atoms with E-state index >= 15 is 0 Å². The number of carbonyl (C=O) groups is 2. The SMILES string of the molecule is Cc1nn(-c2ccccc2)c(C)c1NC(=O)COC(=O)C1=CN2CCS(=O)(=O)N=C2C=C1. The molecular formula is C21H21N5O5S. The molecule has 32 heavy (non-hydrogen) atoms. The van der Waals surface area contributed by atoms with Gasteiger partial charge in [0.15, 0.2) is 6.61 Å². The lowest BCUT2D eigenvalue weighted by atomic mass is 10.2. The van der Waals surface area contributed by atoms with Crippen molar-refractivity contribution in [2.75, 3.05) is 24.2 Å². The van der Waals surface area contributed by atoms with E-state index in [-0.39, 0.29) is 23.7 Å². The van der Waals surface area contributed by atoms with E-state index in [1.807, 2.05) is 37.3 Å². The predicted molar refractivity (Wildman–Crippen MR) is 118 cm³/mol. The molecule has 3 heterocycles. The maximum absolute atomic E-state index is 12.4. The van der Waals surface area contributed by atoms with Crippen molar-refractivity contribution in [2.24, 2.45) is 4.40 Å². The number of amides is 1. The molecule has 0 spiro atoms. The average molecular weight is 455 g/mol. The fourth-order valence-corrected chi connectivity index (χ4v) is 4.33. The van der Waals surface area contributed by atoms with Crippen molar-refractivity contribution in [3.8, 4) is 5.69 Å². The topological polar surface area (TPSA) is 123 Å². The highest BCUT2D eigenvalue weighted by Crippen LogP contribution is 2.23. The molecule has 1 aromatic heterocycles. The number of benzene rings is 1. The number of nitrogens with one attached hydrogen (secondary N) is 1. The summed E-state index contributed by atoms with van der Waals surface area (Å²) in [7, 11) is -3.48. The molecule has 0 bridgehead atoms. The van der Waals surface area contributed by atoms with Crippen LogP contribution in [0.2, 0.25) is 0 Å². The average Bonchev–Trinajstić information content (AvgIpc) is 3.05. The summed E-state index contributed by atoms with van der Waals surface area (Å²) in [6, 6.07) is 9.52. The lowest BCUT2D eigenvalue weighted by molar-refractivity contribution is -0.143. The highest BCUT2D eigenvalue weighted by molar-refractivity contribution is 7.90. The van der Waals surface area contributed by atoms with Gasteiger partial charge in [-0.3, -0.25) is 4.79 Å². The van der Waals surface area contributed by atoms with Gasteiger partial charge in [0.05, 0.1) is 34.1 Å². The quantitative estimate of drug-likeness (QED) is 0.677. The van der Waals surface area contributed by atoms with E-state index in [2.05, 4.69) is 14.8 Å². The monoisotopic (exact) mass is 455 g/mol. The fourth-order valence-electron chi connectivity index (χ4n) is 3.36. The number of amidine groups is 1. The van der Waals surface area contributed by atoms with Gasteiger partial charge in [-0.1, -0.05) is 18.2 Å². The van der Waals surface area contributed by atoms with E-state index < -0.39 is 28.5 Å². The Labute approximate surface area is 184 Å². The van der Waals surface area contributed by atoms with Crippen molar-refractivity contribution in [2.45, 2.75) is 13.8 Å². The molecule has 2 aliphatic heterocycles. The number of aromatic nitrogens is 2. The molecule has 2 aliphatic rings. The summed E-state index contributed by atoms with van der Waals surface area (Å²) in [5, 5.41) is 7.22. The van der Waals surface area contributed by atoms with E-state index in [0.29, 0.717) is 11.4 Å². The summed E-state index contributed by atoms with van der Waals surface area (Å²) in [4.78, 5) is 26.3. The second-order valence-corrected chi connectivity index (χ2v) is 9.02. The second kappa shape index (κ2) is 8.42.